The molecule has 0 atom stereocenters. The summed E-state index contributed by atoms with van der Waals surface area (Å²) in [6.45, 7) is 2.38. The first kappa shape index (κ1) is 12.1. The van der Waals surface area contributed by atoms with Gasteiger partial charge in [0.15, 0.2) is 5.82 Å². The Morgan fingerprint density at radius 1 is 1.33 bits per heavy atom. The summed E-state index contributed by atoms with van der Waals surface area (Å²) in [7, 11) is 3.48. The van der Waals surface area contributed by atoms with Gasteiger partial charge in [0.1, 0.15) is 0 Å². The predicted octanol–water partition coefficient (Wildman–Crippen LogP) is -0.00550. The lowest BCUT2D eigenvalue weighted by atomic mass is 10.4. The molecular weight excluding hydrogens is 198 g/mol. The van der Waals surface area contributed by atoms with Crippen LogP contribution in [0.5, 0.6) is 0 Å². The van der Waals surface area contributed by atoms with E-state index in [4.69, 9.17) is 14.0 Å². The standard InChI is InChI=1S/C9H17N3O3/c1-10-7-9-11-8(12-15-9)3-4-14-6-5-13-2/h10H,3-7H2,1-2H3. The lowest BCUT2D eigenvalue weighted by molar-refractivity contribution is 0.0714. The van der Waals surface area contributed by atoms with Crippen LogP contribution in [0.3, 0.4) is 0 Å². The highest BCUT2D eigenvalue weighted by Crippen LogP contribution is 1.97. The maximum atomic E-state index is 5.28. The molecule has 0 unspecified atom stereocenters. The molecule has 1 aromatic rings. The average molecular weight is 215 g/mol. The number of hydrogen-bond acceptors (Lipinski definition) is 6. The fourth-order valence-corrected chi connectivity index (χ4v) is 1.02. The first-order valence-electron chi connectivity index (χ1n) is 4.89. The van der Waals surface area contributed by atoms with Crippen LogP contribution in [-0.2, 0) is 22.4 Å². The van der Waals surface area contributed by atoms with Gasteiger partial charge in [-0.05, 0) is 7.05 Å². The zero-order chi connectivity index (χ0) is 10.9. The van der Waals surface area contributed by atoms with Gasteiger partial charge in [-0.2, -0.15) is 4.98 Å². The van der Waals surface area contributed by atoms with Crippen molar-refractivity contribution in [3.8, 4) is 0 Å². The van der Waals surface area contributed by atoms with Crippen LogP contribution in [0.4, 0.5) is 0 Å². The molecule has 0 radical (unpaired) electrons. The summed E-state index contributed by atoms with van der Waals surface area (Å²) < 4.78 is 15.1. The van der Waals surface area contributed by atoms with Gasteiger partial charge in [-0.15, -0.1) is 0 Å². The minimum atomic E-state index is 0.585. The van der Waals surface area contributed by atoms with Crippen molar-refractivity contribution in [1.29, 1.82) is 0 Å². The van der Waals surface area contributed by atoms with E-state index in [1.165, 1.54) is 0 Å². The minimum absolute atomic E-state index is 0.585. The topological polar surface area (TPSA) is 69.4 Å². The van der Waals surface area contributed by atoms with E-state index < -0.39 is 0 Å². The van der Waals surface area contributed by atoms with E-state index in [9.17, 15) is 0 Å². The first-order chi connectivity index (χ1) is 7.36. The molecule has 86 valence electrons. The lowest BCUT2D eigenvalue weighted by Crippen LogP contribution is -2.07. The van der Waals surface area contributed by atoms with Crippen molar-refractivity contribution < 1.29 is 14.0 Å². The van der Waals surface area contributed by atoms with Crippen LogP contribution in [0, 0.1) is 0 Å². The van der Waals surface area contributed by atoms with Crippen molar-refractivity contribution in [3.63, 3.8) is 0 Å². The monoisotopic (exact) mass is 215 g/mol. The van der Waals surface area contributed by atoms with Gasteiger partial charge in [-0.25, -0.2) is 0 Å². The summed E-state index contributed by atoms with van der Waals surface area (Å²) >= 11 is 0. The molecule has 0 saturated carbocycles. The van der Waals surface area contributed by atoms with Crippen molar-refractivity contribution in [3.05, 3.63) is 11.7 Å². The van der Waals surface area contributed by atoms with E-state index in [-0.39, 0.29) is 0 Å². The van der Waals surface area contributed by atoms with E-state index in [2.05, 4.69) is 15.5 Å². The van der Waals surface area contributed by atoms with Crippen molar-refractivity contribution in [2.24, 2.45) is 0 Å². The van der Waals surface area contributed by atoms with Crippen molar-refractivity contribution >= 4 is 0 Å². The van der Waals surface area contributed by atoms with E-state index >= 15 is 0 Å². The molecule has 0 fully saturated rings. The fourth-order valence-electron chi connectivity index (χ4n) is 1.02. The van der Waals surface area contributed by atoms with E-state index in [1.54, 1.807) is 7.11 Å². The average Bonchev–Trinajstić information content (AvgIpc) is 2.66. The van der Waals surface area contributed by atoms with Gasteiger partial charge >= 0.3 is 0 Å². The molecule has 1 rings (SSSR count). The molecule has 0 aliphatic rings. The molecule has 0 aliphatic heterocycles. The van der Waals surface area contributed by atoms with Crippen LogP contribution in [0.2, 0.25) is 0 Å². The first-order valence-corrected chi connectivity index (χ1v) is 4.89. The molecular formula is C9H17N3O3. The number of aromatic nitrogens is 2. The number of nitrogens with zero attached hydrogens (tertiary/aromatic N) is 2. The van der Waals surface area contributed by atoms with Crippen molar-refractivity contribution in [2.75, 3.05) is 34.0 Å². The smallest absolute Gasteiger partial charge is 0.240 e. The second-order valence-corrected chi connectivity index (χ2v) is 2.99. The van der Waals surface area contributed by atoms with Gasteiger partial charge in [0.25, 0.3) is 0 Å². The molecule has 0 spiro atoms. The molecule has 0 saturated heterocycles. The fraction of sp³-hybridized carbons (Fsp3) is 0.778. The molecule has 1 heterocycles. The number of methoxy groups -OCH3 is 1. The van der Waals surface area contributed by atoms with Gasteiger partial charge in [-0.1, -0.05) is 5.16 Å². The Morgan fingerprint density at radius 2 is 2.20 bits per heavy atom. The Morgan fingerprint density at radius 3 is 2.93 bits per heavy atom. The summed E-state index contributed by atoms with van der Waals surface area (Å²) in [5.41, 5.74) is 0. The molecule has 15 heavy (non-hydrogen) atoms. The predicted molar refractivity (Wildman–Crippen MR) is 53.5 cm³/mol. The van der Waals surface area contributed by atoms with Crippen LogP contribution in [-0.4, -0.2) is 44.1 Å². The van der Waals surface area contributed by atoms with Crippen LogP contribution in [0.1, 0.15) is 11.7 Å². The number of nitrogens with one attached hydrogen (secondary N) is 1. The van der Waals surface area contributed by atoms with Gasteiger partial charge in [0.05, 0.1) is 26.4 Å². The molecule has 1 aromatic heterocycles. The molecule has 0 amide bonds. The number of rotatable bonds is 8. The van der Waals surface area contributed by atoms with Crippen LogP contribution < -0.4 is 5.32 Å². The maximum Gasteiger partial charge on any atom is 0.240 e. The summed E-state index contributed by atoms with van der Waals surface area (Å²) in [6.07, 6.45) is 0.664. The second kappa shape index (κ2) is 7.33. The quantitative estimate of drug-likeness (QED) is 0.615. The maximum absolute atomic E-state index is 5.28. The molecule has 1 N–H and O–H groups in total. The zero-order valence-electron chi connectivity index (χ0n) is 9.15. The van der Waals surface area contributed by atoms with Gasteiger partial charge in [0, 0.05) is 13.5 Å². The van der Waals surface area contributed by atoms with Gasteiger partial charge in [0.2, 0.25) is 5.89 Å². The highest BCUT2D eigenvalue weighted by Gasteiger charge is 2.04. The SMILES string of the molecule is CNCc1nc(CCOCCOC)no1. The third-order valence-electron chi connectivity index (χ3n) is 1.74. The third-order valence-corrected chi connectivity index (χ3v) is 1.74. The Labute approximate surface area is 88.9 Å². The van der Waals surface area contributed by atoms with E-state index in [1.807, 2.05) is 7.05 Å². The molecule has 6 heteroatoms. The Hall–Kier alpha value is -0.980. The molecule has 0 aromatic carbocycles. The Kier molecular flexibility index (Phi) is 5.91. The zero-order valence-corrected chi connectivity index (χ0v) is 9.15. The summed E-state index contributed by atoms with van der Waals surface area (Å²) in [5.74, 6) is 1.28. The second-order valence-electron chi connectivity index (χ2n) is 2.99. The largest absolute Gasteiger partial charge is 0.382 e. The molecule has 0 bridgehead atoms. The van der Waals surface area contributed by atoms with Crippen LogP contribution in [0.25, 0.3) is 0 Å². The lowest BCUT2D eigenvalue weighted by Gasteiger charge is -1.99. The Bertz CT molecular complexity index is 265. The van der Waals surface area contributed by atoms with Crippen LogP contribution in [0.15, 0.2) is 4.52 Å². The van der Waals surface area contributed by atoms with E-state index in [0.29, 0.717) is 44.5 Å². The number of hydrogen-bond donors (Lipinski definition) is 1. The molecule has 0 aliphatic carbocycles. The highest BCUT2D eigenvalue weighted by molar-refractivity contribution is 4.85. The van der Waals surface area contributed by atoms with Gasteiger partial charge < -0.3 is 19.3 Å². The van der Waals surface area contributed by atoms with Gasteiger partial charge in [-0.3, -0.25) is 0 Å². The highest BCUT2D eigenvalue weighted by atomic mass is 16.5. The summed E-state index contributed by atoms with van der Waals surface area (Å²) in [4.78, 5) is 4.17. The number of ether oxygens (including phenoxy) is 2. The Balaban J connectivity index is 2.14. The summed E-state index contributed by atoms with van der Waals surface area (Å²) in [5, 5.41) is 6.75. The van der Waals surface area contributed by atoms with Crippen molar-refractivity contribution in [2.45, 2.75) is 13.0 Å². The van der Waals surface area contributed by atoms with Crippen molar-refractivity contribution in [1.82, 2.24) is 15.5 Å². The normalized spacial score (nSPS) is 10.8. The molecule has 6 nitrogen and oxygen atoms in total. The van der Waals surface area contributed by atoms with Crippen LogP contribution >= 0.6 is 0 Å². The minimum Gasteiger partial charge on any atom is -0.382 e. The third kappa shape index (κ3) is 4.87. The summed E-state index contributed by atoms with van der Waals surface area (Å²) in [6, 6.07) is 0. The van der Waals surface area contributed by atoms with E-state index in [0.717, 1.165) is 0 Å².